The molecule has 0 saturated carbocycles. The number of carboxylic acid groups (broad SMARTS) is 1. The molecule has 0 spiro atoms. The van der Waals surface area contributed by atoms with Crippen LogP contribution < -0.4 is 5.32 Å². The summed E-state index contributed by atoms with van der Waals surface area (Å²) in [5, 5.41) is 23.1. The minimum absolute atomic E-state index is 0.0273. The lowest BCUT2D eigenvalue weighted by Gasteiger charge is -2.12. The molecule has 0 atom stereocenters. The van der Waals surface area contributed by atoms with Crippen molar-refractivity contribution in [2.75, 3.05) is 5.32 Å². The van der Waals surface area contributed by atoms with Gasteiger partial charge in [-0.05, 0) is 59.7 Å². The standard InChI is InChI=1S/C19H13FN2O4/c20-14-4-6-15(7-5-14)21-18-11-13(3-10-17(18)19(23)24)12-1-8-16(9-2-12)22(25)26/h1-11,21H,(H,23,24). The largest absolute Gasteiger partial charge is 0.478 e. The van der Waals surface area contributed by atoms with Crippen LogP contribution >= 0.6 is 0 Å². The number of non-ortho nitro benzene ring substituents is 1. The average Bonchev–Trinajstić information content (AvgIpc) is 2.63. The molecule has 0 aliphatic rings. The molecule has 3 aromatic rings. The van der Waals surface area contributed by atoms with E-state index >= 15 is 0 Å². The number of nitrogens with zero attached hydrogens (tertiary/aromatic N) is 1. The van der Waals surface area contributed by atoms with E-state index in [0.717, 1.165) is 0 Å². The Morgan fingerprint density at radius 3 is 2.15 bits per heavy atom. The third-order valence-corrected chi connectivity index (χ3v) is 3.78. The van der Waals surface area contributed by atoms with Crippen LogP contribution in [0.4, 0.5) is 21.5 Å². The van der Waals surface area contributed by atoms with E-state index < -0.39 is 16.7 Å². The van der Waals surface area contributed by atoms with Gasteiger partial charge < -0.3 is 10.4 Å². The van der Waals surface area contributed by atoms with Gasteiger partial charge in [0.15, 0.2) is 0 Å². The van der Waals surface area contributed by atoms with E-state index in [4.69, 9.17) is 0 Å². The normalized spacial score (nSPS) is 10.3. The molecule has 3 rings (SSSR count). The van der Waals surface area contributed by atoms with Crippen LogP contribution in [0.2, 0.25) is 0 Å². The van der Waals surface area contributed by atoms with E-state index in [-0.39, 0.29) is 11.3 Å². The Hall–Kier alpha value is -3.74. The molecule has 0 aliphatic carbocycles. The van der Waals surface area contributed by atoms with Gasteiger partial charge in [0.05, 0.1) is 16.2 Å². The van der Waals surface area contributed by atoms with E-state index in [0.29, 0.717) is 22.5 Å². The second-order valence-corrected chi connectivity index (χ2v) is 5.50. The fraction of sp³-hybridized carbons (Fsp3) is 0. The summed E-state index contributed by atoms with van der Waals surface area (Å²) in [7, 11) is 0. The van der Waals surface area contributed by atoms with Crippen LogP contribution in [0.15, 0.2) is 66.7 Å². The fourth-order valence-electron chi connectivity index (χ4n) is 2.48. The number of hydrogen-bond acceptors (Lipinski definition) is 4. The first kappa shape index (κ1) is 17.1. The maximum atomic E-state index is 13.0. The lowest BCUT2D eigenvalue weighted by Crippen LogP contribution is -2.03. The molecule has 0 amide bonds. The minimum atomic E-state index is -1.11. The zero-order chi connectivity index (χ0) is 18.7. The summed E-state index contributed by atoms with van der Waals surface area (Å²) < 4.78 is 13.0. The maximum absolute atomic E-state index is 13.0. The third-order valence-electron chi connectivity index (χ3n) is 3.78. The van der Waals surface area contributed by atoms with Gasteiger partial charge in [0.25, 0.3) is 5.69 Å². The highest BCUT2D eigenvalue weighted by molar-refractivity contribution is 5.96. The molecule has 6 nitrogen and oxygen atoms in total. The summed E-state index contributed by atoms with van der Waals surface area (Å²) >= 11 is 0. The highest BCUT2D eigenvalue weighted by Crippen LogP contribution is 2.29. The number of aromatic carboxylic acids is 1. The van der Waals surface area contributed by atoms with Crippen LogP contribution in [0.1, 0.15) is 10.4 Å². The van der Waals surface area contributed by atoms with Crippen molar-refractivity contribution in [3.8, 4) is 11.1 Å². The molecule has 3 aromatic carbocycles. The molecular weight excluding hydrogens is 339 g/mol. The van der Waals surface area contributed by atoms with Gasteiger partial charge in [-0.2, -0.15) is 0 Å². The van der Waals surface area contributed by atoms with Crippen molar-refractivity contribution in [3.63, 3.8) is 0 Å². The number of anilines is 2. The number of hydrogen-bond donors (Lipinski definition) is 2. The lowest BCUT2D eigenvalue weighted by molar-refractivity contribution is -0.384. The molecule has 130 valence electrons. The molecule has 0 bridgehead atoms. The van der Waals surface area contributed by atoms with E-state index in [1.165, 1.54) is 42.5 Å². The Balaban J connectivity index is 1.99. The molecule has 26 heavy (non-hydrogen) atoms. The smallest absolute Gasteiger partial charge is 0.337 e. The van der Waals surface area contributed by atoms with Crippen molar-refractivity contribution < 1.29 is 19.2 Å². The minimum Gasteiger partial charge on any atom is -0.478 e. The summed E-state index contributed by atoms with van der Waals surface area (Å²) in [5.74, 6) is -1.50. The van der Waals surface area contributed by atoms with Crippen LogP contribution in [-0.4, -0.2) is 16.0 Å². The van der Waals surface area contributed by atoms with Gasteiger partial charge in [0.2, 0.25) is 0 Å². The second kappa shape index (κ2) is 7.02. The van der Waals surface area contributed by atoms with Crippen LogP contribution in [0, 0.1) is 15.9 Å². The molecule has 0 fully saturated rings. The third kappa shape index (κ3) is 3.67. The molecular formula is C19H13FN2O4. The topological polar surface area (TPSA) is 92.5 Å². The predicted octanol–water partition coefficient (Wildman–Crippen LogP) is 4.84. The van der Waals surface area contributed by atoms with Crippen molar-refractivity contribution in [2.45, 2.75) is 0 Å². The van der Waals surface area contributed by atoms with Crippen molar-refractivity contribution in [1.29, 1.82) is 0 Å². The van der Waals surface area contributed by atoms with Crippen molar-refractivity contribution in [3.05, 3.63) is 88.2 Å². The van der Waals surface area contributed by atoms with Crippen LogP contribution in [-0.2, 0) is 0 Å². The summed E-state index contributed by atoms with van der Waals surface area (Å²) in [6.07, 6.45) is 0. The van der Waals surface area contributed by atoms with Crippen molar-refractivity contribution in [1.82, 2.24) is 0 Å². The van der Waals surface area contributed by atoms with Gasteiger partial charge in [-0.1, -0.05) is 6.07 Å². The first-order valence-electron chi connectivity index (χ1n) is 7.59. The van der Waals surface area contributed by atoms with Crippen molar-refractivity contribution in [2.24, 2.45) is 0 Å². The Morgan fingerprint density at radius 1 is 0.962 bits per heavy atom. The average molecular weight is 352 g/mol. The number of nitrogens with one attached hydrogen (secondary N) is 1. The van der Waals surface area contributed by atoms with E-state index in [2.05, 4.69) is 5.32 Å². The van der Waals surface area contributed by atoms with E-state index in [9.17, 15) is 24.4 Å². The Bertz CT molecular complexity index is 970. The SMILES string of the molecule is O=C(O)c1ccc(-c2ccc([N+](=O)[O-])cc2)cc1Nc1ccc(F)cc1. The van der Waals surface area contributed by atoms with Crippen molar-refractivity contribution >= 4 is 23.0 Å². The first-order chi connectivity index (χ1) is 12.4. The lowest BCUT2D eigenvalue weighted by atomic mass is 10.0. The highest BCUT2D eigenvalue weighted by atomic mass is 19.1. The molecule has 0 aliphatic heterocycles. The molecule has 0 aromatic heterocycles. The number of nitro groups is 1. The van der Waals surface area contributed by atoms with E-state index in [1.54, 1.807) is 24.3 Å². The molecule has 7 heteroatoms. The summed E-state index contributed by atoms with van der Waals surface area (Å²) in [5.41, 5.74) is 2.29. The Morgan fingerprint density at radius 2 is 1.58 bits per heavy atom. The van der Waals surface area contributed by atoms with Gasteiger partial charge >= 0.3 is 5.97 Å². The molecule has 2 N–H and O–H groups in total. The summed E-state index contributed by atoms with van der Waals surface area (Å²) in [4.78, 5) is 21.7. The Kier molecular flexibility index (Phi) is 4.62. The second-order valence-electron chi connectivity index (χ2n) is 5.50. The summed E-state index contributed by atoms with van der Waals surface area (Å²) in [6.45, 7) is 0. The van der Waals surface area contributed by atoms with Gasteiger partial charge in [0.1, 0.15) is 5.82 Å². The molecule has 0 radical (unpaired) electrons. The monoisotopic (exact) mass is 352 g/mol. The number of carboxylic acids is 1. The molecule has 0 heterocycles. The number of nitro benzene ring substituents is 1. The van der Waals surface area contributed by atoms with Gasteiger partial charge in [-0.25, -0.2) is 9.18 Å². The van der Waals surface area contributed by atoms with Gasteiger partial charge in [0, 0.05) is 17.8 Å². The zero-order valence-electron chi connectivity index (χ0n) is 13.3. The number of carbonyl (C=O) groups is 1. The zero-order valence-corrected chi connectivity index (χ0v) is 13.3. The number of benzene rings is 3. The van der Waals surface area contributed by atoms with Crippen LogP contribution in [0.25, 0.3) is 11.1 Å². The van der Waals surface area contributed by atoms with E-state index in [1.807, 2.05) is 0 Å². The number of halogens is 1. The van der Waals surface area contributed by atoms with Crippen LogP contribution in [0.5, 0.6) is 0 Å². The first-order valence-corrected chi connectivity index (χ1v) is 7.59. The van der Waals surface area contributed by atoms with Gasteiger partial charge in [-0.3, -0.25) is 10.1 Å². The predicted molar refractivity (Wildman–Crippen MR) is 95.2 cm³/mol. The highest BCUT2D eigenvalue weighted by Gasteiger charge is 2.13. The van der Waals surface area contributed by atoms with Crippen LogP contribution in [0.3, 0.4) is 0 Å². The number of rotatable bonds is 5. The summed E-state index contributed by atoms with van der Waals surface area (Å²) in [6, 6.07) is 16.2. The quantitative estimate of drug-likeness (QED) is 0.506. The van der Waals surface area contributed by atoms with Gasteiger partial charge in [-0.15, -0.1) is 0 Å². The fourth-order valence-corrected chi connectivity index (χ4v) is 2.48. The molecule has 0 saturated heterocycles. The molecule has 0 unspecified atom stereocenters. The maximum Gasteiger partial charge on any atom is 0.337 e. The Labute approximate surface area is 147 Å².